The molecule has 0 atom stereocenters. The molecule has 5 nitrogen and oxygen atoms in total. The Morgan fingerprint density at radius 3 is 2.58 bits per heavy atom. The summed E-state index contributed by atoms with van der Waals surface area (Å²) in [5.74, 6) is 1.27. The predicted octanol–water partition coefficient (Wildman–Crippen LogP) is 4.54. The van der Waals surface area contributed by atoms with E-state index in [0.717, 1.165) is 0 Å². The number of nitrogens with one attached hydrogen (secondary N) is 1. The zero-order chi connectivity index (χ0) is 17.1. The topological polar surface area (TPSA) is 56.8 Å². The highest BCUT2D eigenvalue weighted by molar-refractivity contribution is 9.10. The molecule has 1 amide bonds. The lowest BCUT2D eigenvalue weighted by Gasteiger charge is -2.20. The van der Waals surface area contributed by atoms with Crippen LogP contribution in [-0.4, -0.2) is 25.7 Å². The molecular weight excluding hydrogens is 421 g/mol. The van der Waals surface area contributed by atoms with E-state index in [1.54, 1.807) is 30.3 Å². The van der Waals surface area contributed by atoms with Gasteiger partial charge in [-0.15, -0.1) is 0 Å². The molecule has 24 heavy (non-hydrogen) atoms. The van der Waals surface area contributed by atoms with E-state index in [0.29, 0.717) is 50.7 Å². The smallest absolute Gasteiger partial charge is 0.262 e. The SMILES string of the molecule is O=C(COc1ccc(Cl)cc1Br)Nc1cc2c(cc1Cl)OCCO2. The third-order valence-corrected chi connectivity index (χ3v) is 4.33. The second-order valence-electron chi connectivity index (χ2n) is 4.89. The summed E-state index contributed by atoms with van der Waals surface area (Å²) >= 11 is 15.3. The van der Waals surface area contributed by atoms with Gasteiger partial charge in [0.05, 0.1) is 15.2 Å². The Hall–Kier alpha value is -1.63. The highest BCUT2D eigenvalue weighted by Gasteiger charge is 2.16. The molecule has 1 N–H and O–H groups in total. The number of amides is 1. The van der Waals surface area contributed by atoms with Crippen LogP contribution >= 0.6 is 39.1 Å². The van der Waals surface area contributed by atoms with Crippen LogP contribution in [0.25, 0.3) is 0 Å². The maximum Gasteiger partial charge on any atom is 0.262 e. The summed E-state index contributed by atoms with van der Waals surface area (Å²) in [6, 6.07) is 8.29. The summed E-state index contributed by atoms with van der Waals surface area (Å²) in [6.07, 6.45) is 0. The van der Waals surface area contributed by atoms with Gasteiger partial charge < -0.3 is 19.5 Å². The fourth-order valence-corrected chi connectivity index (χ4v) is 3.08. The first kappa shape index (κ1) is 17.2. The molecule has 0 aromatic heterocycles. The molecule has 1 aliphatic rings. The van der Waals surface area contributed by atoms with Crippen molar-refractivity contribution in [2.45, 2.75) is 0 Å². The molecule has 0 unspecified atom stereocenters. The van der Waals surface area contributed by atoms with Crippen LogP contribution in [0.5, 0.6) is 17.2 Å². The quantitative estimate of drug-likeness (QED) is 0.770. The van der Waals surface area contributed by atoms with Crippen molar-refractivity contribution in [3.8, 4) is 17.2 Å². The molecule has 126 valence electrons. The van der Waals surface area contributed by atoms with Crippen LogP contribution < -0.4 is 19.5 Å². The number of ether oxygens (including phenoxy) is 3. The Labute approximate surface area is 156 Å². The van der Waals surface area contributed by atoms with E-state index in [1.165, 1.54) is 0 Å². The number of benzene rings is 2. The predicted molar refractivity (Wildman–Crippen MR) is 95.7 cm³/mol. The van der Waals surface area contributed by atoms with Gasteiger partial charge in [-0.2, -0.15) is 0 Å². The van der Waals surface area contributed by atoms with E-state index in [2.05, 4.69) is 21.2 Å². The summed E-state index contributed by atoms with van der Waals surface area (Å²) in [6.45, 7) is 0.750. The Balaban J connectivity index is 1.64. The molecule has 0 radical (unpaired) electrons. The third-order valence-electron chi connectivity index (χ3n) is 3.16. The fraction of sp³-hybridized carbons (Fsp3) is 0.188. The van der Waals surface area contributed by atoms with Crippen molar-refractivity contribution in [1.82, 2.24) is 0 Å². The molecule has 0 spiro atoms. The van der Waals surface area contributed by atoms with Gasteiger partial charge in [0, 0.05) is 17.2 Å². The second kappa shape index (κ2) is 7.51. The highest BCUT2D eigenvalue weighted by atomic mass is 79.9. The van der Waals surface area contributed by atoms with E-state index < -0.39 is 0 Å². The summed E-state index contributed by atoms with van der Waals surface area (Å²) in [5.41, 5.74) is 0.435. The molecule has 2 aromatic carbocycles. The average Bonchev–Trinajstić information content (AvgIpc) is 2.55. The molecule has 0 fully saturated rings. The molecule has 8 heteroatoms. The van der Waals surface area contributed by atoms with E-state index >= 15 is 0 Å². The first-order chi connectivity index (χ1) is 11.5. The lowest BCUT2D eigenvalue weighted by atomic mass is 10.2. The molecule has 0 bridgehead atoms. The molecule has 0 saturated heterocycles. The minimum absolute atomic E-state index is 0.176. The third kappa shape index (κ3) is 4.06. The van der Waals surface area contributed by atoms with Gasteiger partial charge in [0.2, 0.25) is 0 Å². The number of carbonyl (C=O) groups is 1. The van der Waals surface area contributed by atoms with Crippen LogP contribution in [0.15, 0.2) is 34.8 Å². The van der Waals surface area contributed by atoms with Gasteiger partial charge >= 0.3 is 0 Å². The van der Waals surface area contributed by atoms with E-state index in [9.17, 15) is 4.79 Å². The Morgan fingerprint density at radius 2 is 1.88 bits per heavy atom. The normalized spacial score (nSPS) is 12.6. The number of halogens is 3. The largest absolute Gasteiger partial charge is 0.486 e. The average molecular weight is 433 g/mol. The monoisotopic (exact) mass is 431 g/mol. The Morgan fingerprint density at radius 1 is 1.17 bits per heavy atom. The molecule has 1 heterocycles. The maximum absolute atomic E-state index is 12.1. The minimum Gasteiger partial charge on any atom is -0.486 e. The van der Waals surface area contributed by atoms with Crippen LogP contribution in [0.3, 0.4) is 0 Å². The van der Waals surface area contributed by atoms with Gasteiger partial charge in [-0.1, -0.05) is 23.2 Å². The van der Waals surface area contributed by atoms with Gasteiger partial charge in [0.15, 0.2) is 18.1 Å². The van der Waals surface area contributed by atoms with Gasteiger partial charge in [0.25, 0.3) is 5.91 Å². The molecule has 0 saturated carbocycles. The summed E-state index contributed by atoms with van der Waals surface area (Å²) in [7, 11) is 0. The van der Waals surface area contributed by atoms with Crippen molar-refractivity contribution in [3.05, 3.63) is 44.8 Å². The first-order valence-corrected chi connectivity index (χ1v) is 8.54. The number of carbonyl (C=O) groups excluding carboxylic acids is 1. The molecule has 1 aliphatic heterocycles. The number of anilines is 1. The number of hydrogen-bond donors (Lipinski definition) is 1. The summed E-state index contributed by atoms with van der Waals surface area (Å²) in [5, 5.41) is 3.62. The van der Waals surface area contributed by atoms with Crippen molar-refractivity contribution in [1.29, 1.82) is 0 Å². The number of rotatable bonds is 4. The van der Waals surface area contributed by atoms with E-state index in [4.69, 9.17) is 37.4 Å². The lowest BCUT2D eigenvalue weighted by molar-refractivity contribution is -0.118. The van der Waals surface area contributed by atoms with Gasteiger partial charge in [-0.25, -0.2) is 0 Å². The first-order valence-electron chi connectivity index (χ1n) is 7.00. The molecule has 0 aliphatic carbocycles. The molecular formula is C16H12BrCl2NO4. The zero-order valence-corrected chi connectivity index (χ0v) is 15.4. The van der Waals surface area contributed by atoms with Crippen molar-refractivity contribution < 1.29 is 19.0 Å². The van der Waals surface area contributed by atoms with Crippen molar-refractivity contribution in [2.75, 3.05) is 25.1 Å². The van der Waals surface area contributed by atoms with Crippen molar-refractivity contribution in [2.24, 2.45) is 0 Å². The Kier molecular flexibility index (Phi) is 5.38. The summed E-state index contributed by atoms with van der Waals surface area (Å²) in [4.78, 5) is 12.1. The minimum atomic E-state index is -0.351. The Bertz CT molecular complexity index is 785. The van der Waals surface area contributed by atoms with Crippen LogP contribution in [0.2, 0.25) is 10.0 Å². The van der Waals surface area contributed by atoms with Crippen LogP contribution in [0, 0.1) is 0 Å². The van der Waals surface area contributed by atoms with Gasteiger partial charge in [-0.3, -0.25) is 4.79 Å². The van der Waals surface area contributed by atoms with Crippen LogP contribution in [0.4, 0.5) is 5.69 Å². The van der Waals surface area contributed by atoms with Gasteiger partial charge in [-0.05, 0) is 34.1 Å². The second-order valence-corrected chi connectivity index (χ2v) is 6.59. The molecule has 2 aromatic rings. The van der Waals surface area contributed by atoms with Gasteiger partial charge in [0.1, 0.15) is 19.0 Å². The van der Waals surface area contributed by atoms with Crippen molar-refractivity contribution >= 4 is 50.7 Å². The molecule has 3 rings (SSSR count). The van der Waals surface area contributed by atoms with Crippen LogP contribution in [0.1, 0.15) is 0 Å². The van der Waals surface area contributed by atoms with E-state index in [1.807, 2.05) is 0 Å². The van der Waals surface area contributed by atoms with Crippen molar-refractivity contribution in [3.63, 3.8) is 0 Å². The highest BCUT2D eigenvalue weighted by Crippen LogP contribution is 2.38. The zero-order valence-electron chi connectivity index (χ0n) is 12.3. The fourth-order valence-electron chi connectivity index (χ4n) is 2.08. The standard InChI is InChI=1S/C16H12BrCl2NO4/c17-10-5-9(18)1-2-13(10)24-8-16(21)20-12-7-15-14(6-11(12)19)22-3-4-23-15/h1-2,5-7H,3-4,8H2,(H,20,21). The van der Waals surface area contributed by atoms with Crippen LogP contribution in [-0.2, 0) is 4.79 Å². The number of hydrogen-bond acceptors (Lipinski definition) is 4. The number of fused-ring (bicyclic) bond motifs is 1. The lowest BCUT2D eigenvalue weighted by Crippen LogP contribution is -2.21. The summed E-state index contributed by atoms with van der Waals surface area (Å²) < 4.78 is 17.0. The van der Waals surface area contributed by atoms with E-state index in [-0.39, 0.29) is 12.5 Å². The maximum atomic E-state index is 12.1.